The molecule has 0 saturated carbocycles. The normalized spacial score (nSPS) is 19.1. The van der Waals surface area contributed by atoms with Gasteiger partial charge in [-0.15, -0.1) is 0 Å². The molecule has 3 atom stereocenters. The summed E-state index contributed by atoms with van der Waals surface area (Å²) in [7, 11) is 3.09. The lowest BCUT2D eigenvalue weighted by Gasteiger charge is -2.27. The number of methoxy groups -OCH3 is 2. The summed E-state index contributed by atoms with van der Waals surface area (Å²) in [6.07, 6.45) is 7.53. The van der Waals surface area contributed by atoms with E-state index in [9.17, 15) is 19.5 Å². The molecule has 0 radical (unpaired) electrons. The van der Waals surface area contributed by atoms with Crippen molar-refractivity contribution in [2.75, 3.05) is 67.0 Å². The lowest BCUT2D eigenvalue weighted by atomic mass is 10.1. The van der Waals surface area contributed by atoms with Crippen LogP contribution in [0.1, 0.15) is 56.1 Å². The molecule has 2 unspecified atom stereocenters. The Labute approximate surface area is 427 Å². The van der Waals surface area contributed by atoms with Crippen molar-refractivity contribution in [3.8, 4) is 39.9 Å². The van der Waals surface area contributed by atoms with Crippen LogP contribution in [0.5, 0.6) is 17.4 Å². The van der Waals surface area contributed by atoms with Crippen LogP contribution >= 0.6 is 23.1 Å². The van der Waals surface area contributed by atoms with Crippen molar-refractivity contribution in [1.29, 1.82) is 0 Å². The van der Waals surface area contributed by atoms with Crippen LogP contribution in [0.2, 0.25) is 0 Å². The number of benzene rings is 4. The van der Waals surface area contributed by atoms with E-state index < -0.39 is 0 Å². The van der Waals surface area contributed by atoms with Crippen molar-refractivity contribution in [3.05, 3.63) is 103 Å². The Hall–Kier alpha value is -6.10. The number of aromatic nitrogens is 6. The average Bonchev–Trinajstić information content (AvgIpc) is 4.10. The monoisotopic (exact) mass is 1030 g/mol. The van der Waals surface area contributed by atoms with Gasteiger partial charge < -0.3 is 38.5 Å². The quantitative estimate of drug-likeness (QED) is 0.117. The highest BCUT2D eigenvalue weighted by molar-refractivity contribution is 7.14. The number of nitrogens with zero attached hydrogens (tertiary/aromatic N) is 7. The highest BCUT2D eigenvalue weighted by Crippen LogP contribution is 2.38. The fraction of sp³-hybridized carbons (Fsp3) is 0.434. The van der Waals surface area contributed by atoms with Crippen LogP contribution in [0.3, 0.4) is 0 Å². The number of hydrogen-bond donors (Lipinski definition) is 2. The minimum Gasteiger partial charge on any atom is -0.487 e. The number of aliphatic hydroxyl groups is 1. The first-order valence-electron chi connectivity index (χ1n) is 25.0. The first-order valence-corrected chi connectivity index (χ1v) is 26.6. The maximum absolute atomic E-state index is 13.3. The molecule has 6 bridgehead atoms. The number of nitrogens with one attached hydrogen (secondary N) is 1. The van der Waals surface area contributed by atoms with Gasteiger partial charge in [0, 0.05) is 57.6 Å². The van der Waals surface area contributed by atoms with Crippen molar-refractivity contribution in [3.63, 3.8) is 0 Å². The number of aliphatic hydroxyl groups excluding tert-OH is 1. The third-order valence-corrected chi connectivity index (χ3v) is 16.2. The number of hydrogen-bond acceptors (Lipinski definition) is 17. The number of H-pyrrole nitrogens is 1. The fourth-order valence-electron chi connectivity index (χ4n) is 10.2. The first-order chi connectivity index (χ1) is 35.7. The number of ether oxygens (including phenoxy) is 6. The topological polar surface area (TPSA) is 198 Å². The second-order valence-electron chi connectivity index (χ2n) is 18.9. The Morgan fingerprint density at radius 2 is 1.59 bits per heavy atom. The van der Waals surface area contributed by atoms with E-state index in [0.29, 0.717) is 86.7 Å². The van der Waals surface area contributed by atoms with E-state index in [1.807, 2.05) is 40.4 Å². The van der Waals surface area contributed by atoms with Gasteiger partial charge in [-0.05, 0) is 99.1 Å². The minimum absolute atomic E-state index is 0.000944. The Morgan fingerprint density at radius 1 is 0.795 bits per heavy atom. The molecule has 2 N–H and O–H groups in total. The van der Waals surface area contributed by atoms with Gasteiger partial charge in [0.15, 0.2) is 18.8 Å². The molecule has 73 heavy (non-hydrogen) atoms. The van der Waals surface area contributed by atoms with E-state index in [1.54, 1.807) is 19.2 Å². The van der Waals surface area contributed by atoms with E-state index in [1.165, 1.54) is 53.4 Å². The largest absolute Gasteiger partial charge is 0.487 e. The molecule has 8 heterocycles. The van der Waals surface area contributed by atoms with Gasteiger partial charge in [0.2, 0.25) is 5.88 Å². The summed E-state index contributed by atoms with van der Waals surface area (Å²) in [6, 6.07) is 18.9. The zero-order valence-electron chi connectivity index (χ0n) is 40.9. The van der Waals surface area contributed by atoms with Gasteiger partial charge in [0.25, 0.3) is 16.7 Å². The summed E-state index contributed by atoms with van der Waals surface area (Å²) in [5.41, 5.74) is 6.30. The Morgan fingerprint density at radius 3 is 2.37 bits per heavy atom. The van der Waals surface area contributed by atoms with Crippen molar-refractivity contribution >= 4 is 65.3 Å². The molecule has 0 aliphatic carbocycles. The molecule has 382 valence electrons. The third-order valence-electron chi connectivity index (χ3n) is 13.8. The highest BCUT2D eigenvalue weighted by atomic mass is 32.1. The second-order valence-corrected chi connectivity index (χ2v) is 20.9. The summed E-state index contributed by atoms with van der Waals surface area (Å²) >= 11 is 2.70. The molecular formula is C53H58N8O10S2. The molecular weight excluding hydrogens is 973 g/mol. The van der Waals surface area contributed by atoms with Gasteiger partial charge >= 0.3 is 0 Å². The molecule has 8 aromatic rings. The SMILES string of the molecule is COCOc1cc(COC2CCCCO2)cc2nc(OC)c(-c3cccc4c(=O)n(CCO)sc34)nc12.O=c1[nH]c2cc(CN3CCCCC3)cc3c2nc1-c1cccc2c(=O)n(sc12)CCN1CC[C@@H](C1)O3. The van der Waals surface area contributed by atoms with Crippen molar-refractivity contribution in [2.24, 2.45) is 0 Å². The van der Waals surface area contributed by atoms with E-state index in [-0.39, 0.29) is 49.0 Å². The zero-order chi connectivity index (χ0) is 50.0. The summed E-state index contributed by atoms with van der Waals surface area (Å²) < 4.78 is 39.8. The summed E-state index contributed by atoms with van der Waals surface area (Å²) in [6.45, 7) is 7.42. The van der Waals surface area contributed by atoms with E-state index in [2.05, 4.69) is 26.9 Å². The molecule has 4 aliphatic rings. The van der Waals surface area contributed by atoms with Crippen LogP contribution in [0.15, 0.2) is 75.0 Å². The van der Waals surface area contributed by atoms with Crippen LogP contribution in [0.4, 0.5) is 0 Å². The number of fused-ring (bicyclic) bond motifs is 7. The zero-order valence-corrected chi connectivity index (χ0v) is 42.6. The van der Waals surface area contributed by atoms with Crippen molar-refractivity contribution in [2.45, 2.75) is 83.6 Å². The number of rotatable bonds is 12. The third kappa shape index (κ3) is 10.3. The molecule has 4 aromatic carbocycles. The van der Waals surface area contributed by atoms with Gasteiger partial charge in [-0.1, -0.05) is 53.8 Å². The standard InChI is InChI=1S/C27H29N5O3S.C26H29N3O7S/c33-26-23-19-5-4-6-20-25(19)36-32(27(20)34)12-11-31-10-7-18(16-31)35-22-14-17(13-21(28-26)24(22)29-23)15-30-8-2-1-3-9-30;1-32-15-36-20-13-16(14-35-21-8-3-4-11-34-21)12-19-23(20)28-22(25(27-19)33-2)17-6-5-7-18-24(17)37-29(9-10-30)26(18)31/h4-6,13-14,18H,1-3,7-12,15-16H2,(H,28,33);5-7,12-13,21,30H,3-4,8-11,14-15H2,1-2H3/t18-;/m0./s1. The van der Waals surface area contributed by atoms with Crippen molar-refractivity contribution in [1.82, 2.24) is 37.6 Å². The Bertz CT molecular complexity index is 3490. The predicted octanol–water partition coefficient (Wildman–Crippen LogP) is 7.12. The van der Waals surface area contributed by atoms with Crippen LogP contribution < -0.4 is 30.9 Å². The molecule has 4 aliphatic heterocycles. The second kappa shape index (κ2) is 21.8. The smallest absolute Gasteiger partial charge is 0.275 e. The van der Waals surface area contributed by atoms with Gasteiger partial charge in [-0.25, -0.2) is 15.0 Å². The van der Waals surface area contributed by atoms with Crippen LogP contribution in [0, 0.1) is 0 Å². The molecule has 12 rings (SSSR count). The predicted molar refractivity (Wildman–Crippen MR) is 281 cm³/mol. The number of aromatic amines is 1. The molecule has 20 heteroatoms. The van der Waals surface area contributed by atoms with Crippen LogP contribution in [-0.2, 0) is 40.5 Å². The molecule has 0 amide bonds. The average molecular weight is 1030 g/mol. The molecule has 3 saturated heterocycles. The lowest BCUT2D eigenvalue weighted by Crippen LogP contribution is -2.30. The molecule has 4 aromatic heterocycles. The maximum Gasteiger partial charge on any atom is 0.275 e. The number of piperidine rings is 1. The lowest BCUT2D eigenvalue weighted by molar-refractivity contribution is -0.168. The van der Waals surface area contributed by atoms with Gasteiger partial charge in [0.05, 0.1) is 58.1 Å². The Kier molecular flexibility index (Phi) is 14.7. The molecule has 3 fully saturated rings. The van der Waals surface area contributed by atoms with Gasteiger partial charge in [0.1, 0.15) is 34.3 Å². The highest BCUT2D eigenvalue weighted by Gasteiger charge is 2.28. The number of likely N-dealkylation sites (tertiary alicyclic amines) is 1. The molecule has 0 spiro atoms. The van der Waals surface area contributed by atoms with Gasteiger partial charge in [-0.3, -0.25) is 32.1 Å². The fourth-order valence-corrected chi connectivity index (χ4v) is 12.4. The molecule has 18 nitrogen and oxygen atoms in total. The van der Waals surface area contributed by atoms with E-state index in [0.717, 1.165) is 91.2 Å². The van der Waals surface area contributed by atoms with E-state index >= 15 is 0 Å². The van der Waals surface area contributed by atoms with Crippen molar-refractivity contribution < 1.29 is 33.5 Å². The van der Waals surface area contributed by atoms with Crippen LogP contribution in [0.25, 0.3) is 64.8 Å². The minimum atomic E-state index is -0.248. The van der Waals surface area contributed by atoms with E-state index in [4.69, 9.17) is 43.4 Å². The summed E-state index contributed by atoms with van der Waals surface area (Å²) in [5, 5.41) is 10.5. The summed E-state index contributed by atoms with van der Waals surface area (Å²) in [5.74, 6) is 1.55. The Balaban J connectivity index is 0.000000157. The van der Waals surface area contributed by atoms with Gasteiger partial charge in [-0.2, -0.15) is 0 Å². The first kappa shape index (κ1) is 49.1. The maximum atomic E-state index is 13.3. The van der Waals surface area contributed by atoms with Crippen LogP contribution in [-0.4, -0.2) is 122 Å². The summed E-state index contributed by atoms with van der Waals surface area (Å²) in [4.78, 5) is 61.8.